The summed E-state index contributed by atoms with van der Waals surface area (Å²) >= 11 is 0. The zero-order chi connectivity index (χ0) is 24.2. The summed E-state index contributed by atoms with van der Waals surface area (Å²) in [5, 5.41) is 49.6. The minimum absolute atomic E-state index is 0.0858. The highest BCUT2D eigenvalue weighted by Crippen LogP contribution is 2.45. The number of ether oxygens (including phenoxy) is 2. The second-order valence-corrected chi connectivity index (χ2v) is 8.64. The molecule has 2 aliphatic rings. The molecule has 5 unspecified atom stereocenters. The number of hydrogen-bond donors (Lipinski definition) is 4. The van der Waals surface area contributed by atoms with E-state index in [1.54, 1.807) is 23.7 Å². The van der Waals surface area contributed by atoms with Gasteiger partial charge >= 0.3 is 5.97 Å². The zero-order valence-corrected chi connectivity index (χ0v) is 18.3. The number of fused-ring (bicyclic) bond motifs is 1. The summed E-state index contributed by atoms with van der Waals surface area (Å²) < 4.78 is 13.3. The molecule has 0 saturated carbocycles. The molecule has 33 heavy (non-hydrogen) atoms. The lowest BCUT2D eigenvalue weighted by Gasteiger charge is -2.49. The van der Waals surface area contributed by atoms with Gasteiger partial charge in [-0.15, -0.1) is 0 Å². The third kappa shape index (κ3) is 3.55. The average Bonchev–Trinajstić information content (AvgIpc) is 3.13. The van der Waals surface area contributed by atoms with Crippen LogP contribution in [0.25, 0.3) is 11.3 Å². The Labute approximate surface area is 190 Å². The molecule has 0 bridgehead atoms. The van der Waals surface area contributed by atoms with Crippen molar-refractivity contribution in [2.24, 2.45) is 7.05 Å². The van der Waals surface area contributed by atoms with Crippen molar-refractivity contribution in [2.45, 2.75) is 50.1 Å². The molecule has 0 spiro atoms. The number of carboxylic acid groups (broad SMARTS) is 1. The van der Waals surface area contributed by atoms with Gasteiger partial charge < -0.3 is 34.5 Å². The second-order valence-electron chi connectivity index (χ2n) is 8.64. The SMILES string of the molecule is C=C1OC(C)(C)c2cc(-c3ccc(C#N)n3C)ccc2N1C1OC(C(=O)O)C(O)C(O)C1O. The van der Waals surface area contributed by atoms with E-state index in [0.717, 1.165) is 11.3 Å². The molecule has 0 aliphatic carbocycles. The molecule has 1 aromatic heterocycles. The van der Waals surface area contributed by atoms with Gasteiger partial charge in [0.15, 0.2) is 18.2 Å². The van der Waals surface area contributed by atoms with Crippen LogP contribution in [0, 0.1) is 11.3 Å². The highest BCUT2D eigenvalue weighted by Gasteiger charge is 2.51. The van der Waals surface area contributed by atoms with Gasteiger partial charge in [-0.3, -0.25) is 4.90 Å². The molecule has 3 heterocycles. The Bertz CT molecular complexity index is 1170. The van der Waals surface area contributed by atoms with Crippen molar-refractivity contribution in [3.63, 3.8) is 0 Å². The summed E-state index contributed by atoms with van der Waals surface area (Å²) in [5.41, 5.74) is 2.50. The Balaban J connectivity index is 1.81. The summed E-state index contributed by atoms with van der Waals surface area (Å²) in [4.78, 5) is 12.9. The number of carboxylic acids is 1. The largest absolute Gasteiger partial charge is 0.479 e. The lowest BCUT2D eigenvalue weighted by Crippen LogP contribution is -2.64. The third-order valence-electron chi connectivity index (χ3n) is 6.16. The van der Waals surface area contributed by atoms with Gasteiger partial charge in [-0.25, -0.2) is 4.79 Å². The third-order valence-corrected chi connectivity index (χ3v) is 6.16. The first kappa shape index (κ1) is 22.8. The fourth-order valence-electron chi connectivity index (χ4n) is 4.39. The first-order chi connectivity index (χ1) is 15.5. The number of rotatable bonds is 3. The van der Waals surface area contributed by atoms with Crippen LogP contribution < -0.4 is 4.90 Å². The number of nitriles is 1. The maximum atomic E-state index is 11.6. The van der Waals surface area contributed by atoms with Gasteiger partial charge in [0.2, 0.25) is 0 Å². The maximum Gasteiger partial charge on any atom is 0.335 e. The Kier molecular flexibility index (Phi) is 5.46. The number of aliphatic carboxylic acids is 1. The van der Waals surface area contributed by atoms with Crippen LogP contribution >= 0.6 is 0 Å². The monoisotopic (exact) mass is 455 g/mol. The van der Waals surface area contributed by atoms with Crippen LogP contribution in [0.15, 0.2) is 42.8 Å². The molecule has 1 fully saturated rings. The molecule has 1 aromatic carbocycles. The van der Waals surface area contributed by atoms with E-state index in [1.807, 2.05) is 32.0 Å². The van der Waals surface area contributed by atoms with E-state index in [0.29, 0.717) is 16.9 Å². The number of aliphatic hydroxyl groups is 3. The van der Waals surface area contributed by atoms with Crippen molar-refractivity contribution in [1.82, 2.24) is 4.57 Å². The van der Waals surface area contributed by atoms with Crippen molar-refractivity contribution in [1.29, 1.82) is 5.26 Å². The number of aliphatic hydroxyl groups excluding tert-OH is 3. The van der Waals surface area contributed by atoms with Crippen molar-refractivity contribution in [3.05, 3.63) is 54.1 Å². The normalized spacial score (nSPS) is 28.6. The number of hydrogen-bond acceptors (Lipinski definition) is 8. The standard InChI is InChI=1S/C23H25N3O7/c1-11-26(21-19(29)17(27)18(28)20(32-21)22(30)31)16-7-5-12(9-14(16)23(2,3)33-11)15-8-6-13(10-24)25(15)4/h5-9,17-21,27-29H,1H2,2-4H3,(H,30,31). The summed E-state index contributed by atoms with van der Waals surface area (Å²) in [5.74, 6) is -1.39. The molecular formula is C23H25N3O7. The van der Waals surface area contributed by atoms with Crippen molar-refractivity contribution < 1.29 is 34.7 Å². The highest BCUT2D eigenvalue weighted by atomic mass is 16.6. The number of aromatic nitrogens is 1. The van der Waals surface area contributed by atoms with Gasteiger partial charge in [0.25, 0.3) is 0 Å². The molecule has 4 N–H and O–H groups in total. The van der Waals surface area contributed by atoms with Gasteiger partial charge in [0.05, 0.1) is 5.69 Å². The number of anilines is 1. The summed E-state index contributed by atoms with van der Waals surface area (Å²) in [6.45, 7) is 7.57. The first-order valence-electron chi connectivity index (χ1n) is 10.3. The Morgan fingerprint density at radius 1 is 1.15 bits per heavy atom. The van der Waals surface area contributed by atoms with Crippen LogP contribution in [0.1, 0.15) is 25.1 Å². The first-order valence-corrected chi connectivity index (χ1v) is 10.3. The Morgan fingerprint density at radius 2 is 1.85 bits per heavy atom. The minimum atomic E-state index is -1.81. The van der Waals surface area contributed by atoms with Crippen molar-refractivity contribution >= 4 is 11.7 Å². The van der Waals surface area contributed by atoms with E-state index >= 15 is 0 Å². The van der Waals surface area contributed by atoms with Gasteiger partial charge in [0, 0.05) is 18.3 Å². The lowest BCUT2D eigenvalue weighted by atomic mass is 9.90. The van der Waals surface area contributed by atoms with E-state index in [-0.39, 0.29) is 5.88 Å². The van der Waals surface area contributed by atoms with Crippen LogP contribution in [-0.4, -0.2) is 61.6 Å². The van der Waals surface area contributed by atoms with Crippen molar-refractivity contribution in [3.8, 4) is 17.3 Å². The van der Waals surface area contributed by atoms with Gasteiger partial charge in [-0.1, -0.05) is 6.07 Å². The van der Waals surface area contributed by atoms with Crippen LogP contribution in [0.3, 0.4) is 0 Å². The molecule has 2 aliphatic heterocycles. The van der Waals surface area contributed by atoms with Gasteiger partial charge in [0.1, 0.15) is 35.7 Å². The van der Waals surface area contributed by atoms with Crippen LogP contribution in [-0.2, 0) is 26.9 Å². The number of carbonyl (C=O) groups is 1. The smallest absolute Gasteiger partial charge is 0.335 e. The van der Waals surface area contributed by atoms with E-state index in [2.05, 4.69) is 12.6 Å². The summed E-state index contributed by atoms with van der Waals surface area (Å²) in [7, 11) is 1.79. The molecular weight excluding hydrogens is 430 g/mol. The van der Waals surface area contributed by atoms with E-state index in [4.69, 9.17) is 9.47 Å². The molecule has 5 atom stereocenters. The fourth-order valence-corrected chi connectivity index (χ4v) is 4.39. The average molecular weight is 455 g/mol. The fraction of sp³-hybridized carbons (Fsp3) is 0.391. The highest BCUT2D eigenvalue weighted by molar-refractivity contribution is 5.74. The second kappa shape index (κ2) is 7.90. The Hall–Kier alpha value is -3.36. The van der Waals surface area contributed by atoms with Gasteiger partial charge in [-0.2, -0.15) is 5.26 Å². The predicted octanol–water partition coefficient (Wildman–Crippen LogP) is 0.999. The van der Waals surface area contributed by atoms with E-state index in [1.165, 1.54) is 4.90 Å². The zero-order valence-electron chi connectivity index (χ0n) is 18.3. The molecule has 174 valence electrons. The van der Waals surface area contributed by atoms with Crippen LogP contribution in [0.5, 0.6) is 0 Å². The van der Waals surface area contributed by atoms with E-state index < -0.39 is 42.2 Å². The summed E-state index contributed by atoms with van der Waals surface area (Å²) in [6, 6.07) is 11.1. The van der Waals surface area contributed by atoms with E-state index in [9.17, 15) is 30.5 Å². The minimum Gasteiger partial charge on any atom is -0.479 e. The molecule has 10 nitrogen and oxygen atoms in total. The summed E-state index contributed by atoms with van der Waals surface area (Å²) in [6.07, 6.45) is -8.35. The quantitative estimate of drug-likeness (QED) is 0.532. The molecule has 1 saturated heterocycles. The number of benzene rings is 1. The van der Waals surface area contributed by atoms with Crippen molar-refractivity contribution in [2.75, 3.05) is 4.90 Å². The molecule has 2 aromatic rings. The van der Waals surface area contributed by atoms with Gasteiger partial charge in [-0.05, 0) is 50.3 Å². The molecule has 0 amide bonds. The molecule has 10 heteroatoms. The maximum absolute atomic E-state index is 11.6. The lowest BCUT2D eigenvalue weighted by molar-refractivity contribution is -0.228. The topological polar surface area (TPSA) is 148 Å². The molecule has 4 rings (SSSR count). The van der Waals surface area contributed by atoms with Crippen LogP contribution in [0.4, 0.5) is 5.69 Å². The van der Waals surface area contributed by atoms with Crippen LogP contribution in [0.2, 0.25) is 0 Å². The predicted molar refractivity (Wildman–Crippen MR) is 116 cm³/mol. The molecule has 0 radical (unpaired) electrons. The Morgan fingerprint density at radius 3 is 2.45 bits per heavy atom. The number of nitrogens with zero attached hydrogens (tertiary/aromatic N) is 3.